The molecule has 2 amide bonds. The Balaban J connectivity index is 0.00000364. The minimum Gasteiger partial charge on any atom is -0.357 e. The highest BCUT2D eigenvalue weighted by molar-refractivity contribution is 14.0. The molecule has 0 aromatic heterocycles. The number of piperidine rings is 1. The van der Waals surface area contributed by atoms with Gasteiger partial charge in [-0.3, -0.25) is 19.5 Å². The van der Waals surface area contributed by atoms with Crippen LogP contribution in [0.1, 0.15) is 50.2 Å². The van der Waals surface area contributed by atoms with E-state index >= 15 is 0 Å². The molecule has 6 nitrogen and oxygen atoms in total. The van der Waals surface area contributed by atoms with Crippen LogP contribution in [0.15, 0.2) is 29.3 Å². The SMILES string of the molecule is CCNC(=NCC(C)c1cccc(C)c1)NCCN1C(=O)CCCC1=O.I. The number of nitrogens with zero attached hydrogens (tertiary/aromatic N) is 2. The summed E-state index contributed by atoms with van der Waals surface area (Å²) >= 11 is 0. The number of aliphatic imine (C=N–C) groups is 1. The van der Waals surface area contributed by atoms with Gasteiger partial charge >= 0.3 is 0 Å². The van der Waals surface area contributed by atoms with Crippen molar-refractivity contribution in [1.29, 1.82) is 0 Å². The van der Waals surface area contributed by atoms with Gasteiger partial charge in [-0.1, -0.05) is 36.8 Å². The zero-order chi connectivity index (χ0) is 18.9. The van der Waals surface area contributed by atoms with Crippen molar-refractivity contribution in [3.63, 3.8) is 0 Å². The maximum absolute atomic E-state index is 11.8. The van der Waals surface area contributed by atoms with Crippen molar-refractivity contribution in [2.45, 2.75) is 46.0 Å². The molecule has 1 aliphatic rings. The van der Waals surface area contributed by atoms with E-state index in [9.17, 15) is 9.59 Å². The van der Waals surface area contributed by atoms with Crippen LogP contribution in [-0.2, 0) is 9.59 Å². The van der Waals surface area contributed by atoms with Crippen LogP contribution in [0.5, 0.6) is 0 Å². The average molecular weight is 486 g/mol. The van der Waals surface area contributed by atoms with Gasteiger partial charge in [0.15, 0.2) is 5.96 Å². The molecule has 0 bridgehead atoms. The molecule has 2 rings (SSSR count). The highest BCUT2D eigenvalue weighted by Crippen LogP contribution is 2.16. The Morgan fingerprint density at radius 1 is 1.22 bits per heavy atom. The normalized spacial score (nSPS) is 16.0. The molecule has 1 aliphatic heterocycles. The Hall–Kier alpha value is -1.64. The molecule has 150 valence electrons. The number of amides is 2. The van der Waals surface area contributed by atoms with Crippen LogP contribution < -0.4 is 10.6 Å². The van der Waals surface area contributed by atoms with Crippen LogP contribution in [0.2, 0.25) is 0 Å². The van der Waals surface area contributed by atoms with Crippen LogP contribution in [0.25, 0.3) is 0 Å². The summed E-state index contributed by atoms with van der Waals surface area (Å²) in [5, 5.41) is 6.43. The molecule has 1 unspecified atom stereocenters. The number of rotatable bonds is 7. The Morgan fingerprint density at radius 2 is 1.93 bits per heavy atom. The van der Waals surface area contributed by atoms with Gasteiger partial charge < -0.3 is 10.6 Å². The fraction of sp³-hybridized carbons (Fsp3) is 0.550. The van der Waals surface area contributed by atoms with Gasteiger partial charge in [0, 0.05) is 44.9 Å². The fourth-order valence-electron chi connectivity index (χ4n) is 2.99. The number of imide groups is 1. The lowest BCUT2D eigenvalue weighted by molar-refractivity contribution is -0.147. The van der Waals surface area contributed by atoms with Crippen molar-refractivity contribution in [2.24, 2.45) is 4.99 Å². The third kappa shape index (κ3) is 7.48. The quantitative estimate of drug-likeness (QED) is 0.269. The first kappa shape index (κ1) is 23.4. The molecule has 1 saturated heterocycles. The van der Waals surface area contributed by atoms with Gasteiger partial charge in [-0.2, -0.15) is 0 Å². The summed E-state index contributed by atoms with van der Waals surface area (Å²) in [5.74, 6) is 0.885. The highest BCUT2D eigenvalue weighted by atomic mass is 127. The number of likely N-dealkylation sites (tertiary alicyclic amines) is 1. The van der Waals surface area contributed by atoms with Crippen LogP contribution in [0, 0.1) is 6.92 Å². The molecule has 0 spiro atoms. The first-order valence-corrected chi connectivity index (χ1v) is 9.43. The second-order valence-electron chi connectivity index (χ2n) is 6.75. The van der Waals surface area contributed by atoms with Crippen molar-refractivity contribution >= 4 is 41.8 Å². The molecular formula is C20H31IN4O2. The number of nitrogens with one attached hydrogen (secondary N) is 2. The summed E-state index contributed by atoms with van der Waals surface area (Å²) in [5.41, 5.74) is 2.52. The van der Waals surface area contributed by atoms with Crippen LogP contribution in [-0.4, -0.2) is 48.9 Å². The molecule has 27 heavy (non-hydrogen) atoms. The van der Waals surface area contributed by atoms with Crippen molar-refractivity contribution in [3.05, 3.63) is 35.4 Å². The molecule has 1 fully saturated rings. The zero-order valence-corrected chi connectivity index (χ0v) is 18.8. The molecule has 1 aromatic carbocycles. The van der Waals surface area contributed by atoms with E-state index in [-0.39, 0.29) is 35.8 Å². The van der Waals surface area contributed by atoms with Crippen LogP contribution >= 0.6 is 24.0 Å². The summed E-state index contributed by atoms with van der Waals surface area (Å²) in [6.07, 6.45) is 1.60. The number of guanidine groups is 1. The number of hydrogen-bond acceptors (Lipinski definition) is 3. The Bertz CT molecular complexity index is 647. The van der Waals surface area contributed by atoms with E-state index in [1.807, 2.05) is 6.92 Å². The van der Waals surface area contributed by atoms with Gasteiger partial charge in [-0.05, 0) is 25.8 Å². The third-order valence-electron chi connectivity index (χ3n) is 4.49. The summed E-state index contributed by atoms with van der Waals surface area (Å²) < 4.78 is 0. The molecule has 2 N–H and O–H groups in total. The second-order valence-corrected chi connectivity index (χ2v) is 6.75. The largest absolute Gasteiger partial charge is 0.357 e. The van der Waals surface area contributed by atoms with Crippen LogP contribution in [0.3, 0.4) is 0 Å². The Morgan fingerprint density at radius 3 is 2.56 bits per heavy atom. The summed E-state index contributed by atoms with van der Waals surface area (Å²) in [6, 6.07) is 8.48. The molecule has 0 saturated carbocycles. The lowest BCUT2D eigenvalue weighted by atomic mass is 10.00. The Kier molecular flexibility index (Phi) is 10.4. The number of carbonyl (C=O) groups is 2. The lowest BCUT2D eigenvalue weighted by Crippen LogP contribution is -2.46. The topological polar surface area (TPSA) is 73.8 Å². The van der Waals surface area contributed by atoms with Gasteiger partial charge in [-0.25, -0.2) is 0 Å². The van der Waals surface area contributed by atoms with Crippen molar-refractivity contribution in [1.82, 2.24) is 15.5 Å². The zero-order valence-electron chi connectivity index (χ0n) is 16.5. The van der Waals surface area contributed by atoms with E-state index in [1.54, 1.807) is 0 Å². The number of carbonyl (C=O) groups excluding carboxylic acids is 2. The van der Waals surface area contributed by atoms with E-state index in [2.05, 4.69) is 53.7 Å². The molecule has 1 aromatic rings. The van der Waals surface area contributed by atoms with Gasteiger partial charge in [0.25, 0.3) is 0 Å². The average Bonchev–Trinajstić information content (AvgIpc) is 2.61. The highest BCUT2D eigenvalue weighted by Gasteiger charge is 2.25. The molecular weight excluding hydrogens is 455 g/mol. The minimum absolute atomic E-state index is 0. The molecule has 1 atom stereocenters. The number of benzene rings is 1. The standard InChI is InChI=1S/C20H30N4O2.HI/c1-4-21-20(22-11-12-24-18(25)9-6-10-19(24)26)23-14-16(3)17-8-5-7-15(2)13-17;/h5,7-8,13,16H,4,6,9-12,14H2,1-3H3,(H2,21,22,23);1H. The predicted molar refractivity (Wildman–Crippen MR) is 120 cm³/mol. The van der Waals surface area contributed by atoms with E-state index < -0.39 is 0 Å². The molecule has 0 aliphatic carbocycles. The first-order valence-electron chi connectivity index (χ1n) is 9.43. The summed E-state index contributed by atoms with van der Waals surface area (Å²) in [7, 11) is 0. The third-order valence-corrected chi connectivity index (χ3v) is 4.49. The number of aryl methyl sites for hydroxylation is 1. The fourth-order valence-corrected chi connectivity index (χ4v) is 2.99. The van der Waals surface area contributed by atoms with Gasteiger partial charge in [0.2, 0.25) is 11.8 Å². The maximum Gasteiger partial charge on any atom is 0.229 e. The van der Waals surface area contributed by atoms with Gasteiger partial charge in [0.05, 0.1) is 0 Å². The van der Waals surface area contributed by atoms with E-state index in [0.29, 0.717) is 50.8 Å². The van der Waals surface area contributed by atoms with Gasteiger partial charge in [-0.15, -0.1) is 24.0 Å². The summed E-state index contributed by atoms with van der Waals surface area (Å²) in [4.78, 5) is 29.7. The monoisotopic (exact) mass is 486 g/mol. The maximum atomic E-state index is 11.8. The second kappa shape index (κ2) is 11.9. The first-order chi connectivity index (χ1) is 12.5. The van der Waals surface area contributed by atoms with Crippen LogP contribution in [0.4, 0.5) is 0 Å². The number of hydrogen-bond donors (Lipinski definition) is 2. The van der Waals surface area contributed by atoms with Crippen molar-refractivity contribution < 1.29 is 9.59 Å². The van der Waals surface area contributed by atoms with Crippen molar-refractivity contribution in [3.8, 4) is 0 Å². The van der Waals surface area contributed by atoms with Crippen molar-refractivity contribution in [2.75, 3.05) is 26.2 Å². The number of halogens is 1. The lowest BCUT2D eigenvalue weighted by Gasteiger charge is -2.25. The Labute approximate surface area is 179 Å². The van der Waals surface area contributed by atoms with Gasteiger partial charge in [0.1, 0.15) is 0 Å². The molecule has 7 heteroatoms. The molecule has 0 radical (unpaired) electrons. The van der Waals surface area contributed by atoms with E-state index in [0.717, 1.165) is 6.54 Å². The summed E-state index contributed by atoms with van der Waals surface area (Å²) in [6.45, 7) is 8.57. The smallest absolute Gasteiger partial charge is 0.229 e. The van der Waals surface area contributed by atoms with E-state index in [1.165, 1.54) is 16.0 Å². The molecule has 1 heterocycles. The predicted octanol–water partition coefficient (Wildman–Crippen LogP) is 2.81. The minimum atomic E-state index is -0.0712. The van der Waals surface area contributed by atoms with E-state index in [4.69, 9.17) is 0 Å².